The van der Waals surface area contributed by atoms with Crippen LogP contribution in [0.2, 0.25) is 0 Å². The molecule has 0 aromatic carbocycles. The largest absolute Gasteiger partial charge is 0.468 e. The van der Waals surface area contributed by atoms with Crippen molar-refractivity contribution in [3.63, 3.8) is 0 Å². The topological polar surface area (TPSA) is 49.9 Å². The number of carbonyl (C=O) groups excluding carboxylic acids is 2. The first-order valence-corrected chi connectivity index (χ1v) is 5.62. The van der Waals surface area contributed by atoms with Crippen LogP contribution in [0.5, 0.6) is 0 Å². The summed E-state index contributed by atoms with van der Waals surface area (Å²) in [6.07, 6.45) is 0.882. The van der Waals surface area contributed by atoms with Crippen LogP contribution in [0.3, 0.4) is 0 Å². The quantitative estimate of drug-likeness (QED) is 0.634. The van der Waals surface area contributed by atoms with Crippen molar-refractivity contribution in [1.82, 2.24) is 9.80 Å². The lowest BCUT2D eigenvalue weighted by Crippen LogP contribution is -2.40. The van der Waals surface area contributed by atoms with Gasteiger partial charge >= 0.3 is 5.97 Å². The fraction of sp³-hybridized carbons (Fsp3) is 0.818. The fourth-order valence-corrected chi connectivity index (χ4v) is 1.96. The molecule has 1 fully saturated rings. The molecule has 0 aromatic heterocycles. The average Bonchev–Trinajstić information content (AvgIpc) is 2.71. The van der Waals surface area contributed by atoms with Gasteiger partial charge in [-0.25, -0.2) is 0 Å². The summed E-state index contributed by atoms with van der Waals surface area (Å²) in [6.45, 7) is 4.22. The van der Waals surface area contributed by atoms with Crippen molar-refractivity contribution in [3.8, 4) is 0 Å². The Morgan fingerprint density at radius 2 is 2.19 bits per heavy atom. The third-order valence-corrected chi connectivity index (χ3v) is 2.98. The first-order chi connectivity index (χ1) is 7.58. The summed E-state index contributed by atoms with van der Waals surface area (Å²) < 4.78 is 4.57. The van der Waals surface area contributed by atoms with Crippen molar-refractivity contribution in [1.29, 1.82) is 0 Å². The van der Waals surface area contributed by atoms with Gasteiger partial charge in [-0.1, -0.05) is 0 Å². The number of likely N-dealkylation sites (tertiary alicyclic amines) is 1. The van der Waals surface area contributed by atoms with E-state index in [-0.39, 0.29) is 24.3 Å². The highest BCUT2D eigenvalue weighted by atomic mass is 16.5. The van der Waals surface area contributed by atoms with Crippen molar-refractivity contribution in [2.24, 2.45) is 5.92 Å². The molecule has 0 radical (unpaired) electrons. The molecule has 0 saturated carbocycles. The van der Waals surface area contributed by atoms with Gasteiger partial charge in [0.15, 0.2) is 0 Å². The van der Waals surface area contributed by atoms with Crippen LogP contribution in [-0.2, 0) is 14.3 Å². The minimum absolute atomic E-state index is 0.0367. The van der Waals surface area contributed by atoms with E-state index in [1.54, 1.807) is 4.90 Å². The monoisotopic (exact) mass is 228 g/mol. The zero-order chi connectivity index (χ0) is 12.1. The summed E-state index contributed by atoms with van der Waals surface area (Å²) in [5, 5.41) is 0. The third kappa shape index (κ3) is 3.20. The first-order valence-electron chi connectivity index (χ1n) is 5.62. The Hall–Kier alpha value is -1.10. The van der Waals surface area contributed by atoms with E-state index in [1.165, 1.54) is 7.11 Å². The van der Waals surface area contributed by atoms with Crippen LogP contribution in [0, 0.1) is 5.92 Å². The smallest absolute Gasteiger partial charge is 0.325 e. The minimum Gasteiger partial charge on any atom is -0.468 e. The summed E-state index contributed by atoms with van der Waals surface area (Å²) >= 11 is 0. The number of amides is 1. The van der Waals surface area contributed by atoms with Crippen LogP contribution in [0.1, 0.15) is 13.3 Å². The molecule has 1 saturated heterocycles. The molecule has 0 bridgehead atoms. The van der Waals surface area contributed by atoms with E-state index >= 15 is 0 Å². The number of carbonyl (C=O) groups is 2. The van der Waals surface area contributed by atoms with Crippen LogP contribution >= 0.6 is 0 Å². The number of ether oxygens (including phenoxy) is 1. The summed E-state index contributed by atoms with van der Waals surface area (Å²) in [5.74, 6) is -0.256. The Kier molecular flexibility index (Phi) is 4.73. The summed E-state index contributed by atoms with van der Waals surface area (Å²) in [4.78, 5) is 26.9. The summed E-state index contributed by atoms with van der Waals surface area (Å²) in [6, 6.07) is 0. The molecule has 1 aliphatic rings. The summed E-state index contributed by atoms with van der Waals surface area (Å²) in [7, 11) is 3.34. The van der Waals surface area contributed by atoms with Gasteiger partial charge in [0.05, 0.1) is 13.0 Å². The molecule has 0 N–H and O–H groups in total. The highest BCUT2D eigenvalue weighted by molar-refractivity contribution is 5.84. The van der Waals surface area contributed by atoms with E-state index in [9.17, 15) is 9.59 Å². The fourth-order valence-electron chi connectivity index (χ4n) is 1.96. The third-order valence-electron chi connectivity index (χ3n) is 2.98. The van der Waals surface area contributed by atoms with Crippen molar-refractivity contribution in [2.45, 2.75) is 13.3 Å². The maximum atomic E-state index is 12.1. The zero-order valence-corrected chi connectivity index (χ0v) is 10.2. The van der Waals surface area contributed by atoms with E-state index in [1.807, 2.05) is 14.0 Å². The lowest BCUT2D eigenvalue weighted by atomic mass is 10.1. The van der Waals surface area contributed by atoms with Gasteiger partial charge in [-0.3, -0.25) is 9.59 Å². The van der Waals surface area contributed by atoms with E-state index in [0.717, 1.165) is 19.5 Å². The highest BCUT2D eigenvalue weighted by Crippen LogP contribution is 2.17. The average molecular weight is 228 g/mol. The van der Waals surface area contributed by atoms with Crippen LogP contribution < -0.4 is 0 Å². The van der Waals surface area contributed by atoms with Crippen molar-refractivity contribution < 1.29 is 14.3 Å². The first kappa shape index (κ1) is 13.0. The van der Waals surface area contributed by atoms with Gasteiger partial charge in [0.1, 0.15) is 6.54 Å². The number of methoxy groups -OCH3 is 1. The van der Waals surface area contributed by atoms with Crippen LogP contribution in [0.25, 0.3) is 0 Å². The van der Waals surface area contributed by atoms with Gasteiger partial charge in [-0.15, -0.1) is 0 Å². The van der Waals surface area contributed by atoms with Crippen molar-refractivity contribution >= 4 is 11.9 Å². The number of esters is 1. The zero-order valence-electron chi connectivity index (χ0n) is 10.2. The Morgan fingerprint density at radius 1 is 1.50 bits per heavy atom. The predicted molar refractivity (Wildman–Crippen MR) is 59.9 cm³/mol. The van der Waals surface area contributed by atoms with Crippen molar-refractivity contribution in [2.75, 3.05) is 40.3 Å². The standard InChI is InChI=1S/C11H20N2O3/c1-4-13(8-10(14)16-3)11(15)9-5-6-12(2)7-9/h9H,4-8H2,1-3H3. The van der Waals surface area contributed by atoms with Gasteiger partial charge in [-0.05, 0) is 26.9 Å². The molecule has 16 heavy (non-hydrogen) atoms. The Bertz CT molecular complexity index is 268. The van der Waals surface area contributed by atoms with Gasteiger partial charge in [-0.2, -0.15) is 0 Å². The Morgan fingerprint density at radius 3 is 2.62 bits per heavy atom. The van der Waals surface area contributed by atoms with E-state index < -0.39 is 0 Å². The lowest BCUT2D eigenvalue weighted by Gasteiger charge is -2.22. The summed E-state index contributed by atoms with van der Waals surface area (Å²) in [5.41, 5.74) is 0. The lowest BCUT2D eigenvalue weighted by molar-refractivity contribution is -0.148. The number of hydrogen-bond acceptors (Lipinski definition) is 4. The molecular formula is C11H20N2O3. The molecule has 1 atom stereocenters. The molecule has 0 spiro atoms. The predicted octanol–water partition coefficient (Wildman–Crippen LogP) is -0.0404. The maximum Gasteiger partial charge on any atom is 0.325 e. The second-order valence-corrected chi connectivity index (χ2v) is 4.18. The maximum absolute atomic E-state index is 12.1. The SMILES string of the molecule is CCN(CC(=O)OC)C(=O)C1CCN(C)C1. The van der Waals surface area contributed by atoms with Crippen LogP contribution in [-0.4, -0.2) is 62.0 Å². The Labute approximate surface area is 96.3 Å². The van der Waals surface area contributed by atoms with Crippen molar-refractivity contribution in [3.05, 3.63) is 0 Å². The molecule has 92 valence electrons. The van der Waals surface area contributed by atoms with E-state index in [2.05, 4.69) is 9.64 Å². The molecule has 5 nitrogen and oxygen atoms in total. The molecule has 1 aliphatic heterocycles. The molecule has 5 heteroatoms. The molecule has 1 unspecified atom stereocenters. The number of hydrogen-bond donors (Lipinski definition) is 0. The molecule has 0 aromatic rings. The molecular weight excluding hydrogens is 208 g/mol. The minimum atomic E-state index is -0.360. The van der Waals surface area contributed by atoms with Crippen LogP contribution in [0.15, 0.2) is 0 Å². The number of rotatable bonds is 4. The molecule has 1 rings (SSSR count). The number of likely N-dealkylation sites (N-methyl/N-ethyl adjacent to an activating group) is 1. The number of nitrogens with zero attached hydrogens (tertiary/aromatic N) is 2. The van der Waals surface area contributed by atoms with Gasteiger partial charge in [0, 0.05) is 13.1 Å². The molecule has 1 amide bonds. The van der Waals surface area contributed by atoms with Gasteiger partial charge in [0.25, 0.3) is 0 Å². The normalized spacial score (nSPS) is 20.8. The van der Waals surface area contributed by atoms with E-state index in [4.69, 9.17) is 0 Å². The second-order valence-electron chi connectivity index (χ2n) is 4.18. The molecule has 1 heterocycles. The second kappa shape index (κ2) is 5.84. The van der Waals surface area contributed by atoms with E-state index in [0.29, 0.717) is 6.54 Å². The van der Waals surface area contributed by atoms with Crippen LogP contribution in [0.4, 0.5) is 0 Å². The van der Waals surface area contributed by atoms with Gasteiger partial charge in [0.2, 0.25) is 5.91 Å². The molecule has 0 aliphatic carbocycles. The Balaban J connectivity index is 2.52. The van der Waals surface area contributed by atoms with Gasteiger partial charge < -0.3 is 14.5 Å². The highest BCUT2D eigenvalue weighted by Gasteiger charge is 2.30.